The van der Waals surface area contributed by atoms with Crippen molar-refractivity contribution in [3.63, 3.8) is 0 Å². The number of rotatable bonds is 9. The molecule has 2 aromatic rings. The molecular formula is C20H28N4O3S. The normalized spacial score (nSPS) is 10.4. The van der Waals surface area contributed by atoms with E-state index >= 15 is 0 Å². The number of anilines is 2. The number of carbonyl (C=O) groups excluding carboxylic acids is 2. The van der Waals surface area contributed by atoms with Gasteiger partial charge in [-0.3, -0.25) is 4.79 Å². The summed E-state index contributed by atoms with van der Waals surface area (Å²) in [6.45, 7) is 3.76. The first-order valence-corrected chi connectivity index (χ1v) is 10.0. The van der Waals surface area contributed by atoms with Crippen LogP contribution in [0.3, 0.4) is 0 Å². The van der Waals surface area contributed by atoms with Crippen LogP contribution < -0.4 is 15.5 Å². The van der Waals surface area contributed by atoms with Gasteiger partial charge in [-0.25, -0.2) is 4.79 Å². The van der Waals surface area contributed by atoms with E-state index in [1.165, 1.54) is 11.3 Å². The molecule has 1 heterocycles. The largest absolute Gasteiger partial charge is 0.383 e. The molecule has 152 valence electrons. The third-order valence-corrected chi connectivity index (χ3v) is 4.96. The summed E-state index contributed by atoms with van der Waals surface area (Å²) in [4.78, 5) is 29.3. The van der Waals surface area contributed by atoms with Crippen molar-refractivity contribution in [3.05, 3.63) is 46.2 Å². The highest BCUT2D eigenvalue weighted by atomic mass is 32.1. The van der Waals surface area contributed by atoms with Crippen molar-refractivity contribution >= 4 is 34.6 Å². The zero-order valence-corrected chi connectivity index (χ0v) is 17.6. The number of benzene rings is 1. The predicted octanol–water partition coefficient (Wildman–Crippen LogP) is 3.24. The van der Waals surface area contributed by atoms with Gasteiger partial charge in [0.1, 0.15) is 0 Å². The van der Waals surface area contributed by atoms with Crippen molar-refractivity contribution in [1.29, 1.82) is 0 Å². The van der Waals surface area contributed by atoms with Gasteiger partial charge in [0.05, 0.1) is 11.5 Å². The van der Waals surface area contributed by atoms with Gasteiger partial charge in [-0.2, -0.15) is 0 Å². The first-order valence-electron chi connectivity index (χ1n) is 9.13. The highest BCUT2D eigenvalue weighted by Gasteiger charge is 2.19. The molecule has 28 heavy (non-hydrogen) atoms. The average molecular weight is 405 g/mol. The first-order chi connectivity index (χ1) is 13.5. The smallest absolute Gasteiger partial charge is 0.319 e. The minimum atomic E-state index is -0.253. The van der Waals surface area contributed by atoms with Crippen LogP contribution in [0.15, 0.2) is 35.7 Å². The summed E-state index contributed by atoms with van der Waals surface area (Å²) >= 11 is 1.42. The zero-order chi connectivity index (χ0) is 20.5. The van der Waals surface area contributed by atoms with Gasteiger partial charge in [0, 0.05) is 52.2 Å². The molecule has 1 aromatic carbocycles. The van der Waals surface area contributed by atoms with Gasteiger partial charge in [0.25, 0.3) is 5.91 Å². The Kier molecular flexibility index (Phi) is 8.28. The minimum Gasteiger partial charge on any atom is -0.383 e. The van der Waals surface area contributed by atoms with Crippen LogP contribution in [0.4, 0.5) is 16.2 Å². The summed E-state index contributed by atoms with van der Waals surface area (Å²) < 4.78 is 5.19. The molecule has 0 radical (unpaired) electrons. The maximum absolute atomic E-state index is 12.9. The second-order valence-corrected chi connectivity index (χ2v) is 7.37. The second kappa shape index (κ2) is 10.7. The van der Waals surface area contributed by atoms with Crippen LogP contribution in [0.1, 0.15) is 22.2 Å². The molecule has 0 atom stereocenters. The van der Waals surface area contributed by atoms with Gasteiger partial charge in [0.2, 0.25) is 0 Å². The standard InChI is InChI=1S/C20H28N4O3S/c1-5-21-20(26)22-16-8-9-17(23(2)3)15(13-16)14-24(10-11-27-4)19(25)18-7-6-12-28-18/h6-9,12-13H,5,10-11,14H2,1-4H3,(H2,21,22,26). The van der Waals surface area contributed by atoms with E-state index in [1.807, 2.05) is 61.6 Å². The molecule has 0 spiro atoms. The summed E-state index contributed by atoms with van der Waals surface area (Å²) in [6.07, 6.45) is 0. The van der Waals surface area contributed by atoms with Crippen molar-refractivity contribution in [2.24, 2.45) is 0 Å². The Morgan fingerprint density at radius 3 is 2.61 bits per heavy atom. The number of amides is 3. The quantitative estimate of drug-likeness (QED) is 0.673. The van der Waals surface area contributed by atoms with Crippen LogP contribution in [0.2, 0.25) is 0 Å². The van der Waals surface area contributed by atoms with E-state index in [0.717, 1.165) is 11.3 Å². The molecular weight excluding hydrogens is 376 g/mol. The molecule has 0 bridgehead atoms. The second-order valence-electron chi connectivity index (χ2n) is 6.42. The van der Waals surface area contributed by atoms with Crippen molar-refractivity contribution < 1.29 is 14.3 Å². The van der Waals surface area contributed by atoms with Gasteiger partial charge < -0.3 is 25.2 Å². The molecule has 2 rings (SSSR count). The molecule has 0 saturated heterocycles. The number of nitrogens with one attached hydrogen (secondary N) is 2. The Hall–Kier alpha value is -2.58. The third kappa shape index (κ3) is 5.97. The van der Waals surface area contributed by atoms with Crippen LogP contribution in [-0.2, 0) is 11.3 Å². The number of hydrogen-bond acceptors (Lipinski definition) is 5. The average Bonchev–Trinajstić information content (AvgIpc) is 3.19. The van der Waals surface area contributed by atoms with E-state index in [9.17, 15) is 9.59 Å². The SMILES string of the molecule is CCNC(=O)Nc1ccc(N(C)C)c(CN(CCOC)C(=O)c2cccs2)c1. The highest BCUT2D eigenvalue weighted by Crippen LogP contribution is 2.25. The van der Waals surface area contributed by atoms with Crippen LogP contribution in [0.5, 0.6) is 0 Å². The van der Waals surface area contributed by atoms with Crippen molar-refractivity contribution in [1.82, 2.24) is 10.2 Å². The number of thiophene rings is 1. The molecule has 8 heteroatoms. The van der Waals surface area contributed by atoms with Gasteiger partial charge in [-0.15, -0.1) is 11.3 Å². The molecule has 0 fully saturated rings. The Balaban J connectivity index is 2.29. The van der Waals surface area contributed by atoms with Crippen molar-refractivity contribution in [3.8, 4) is 0 Å². The number of methoxy groups -OCH3 is 1. The number of urea groups is 1. The number of carbonyl (C=O) groups is 2. The van der Waals surface area contributed by atoms with E-state index in [-0.39, 0.29) is 11.9 Å². The van der Waals surface area contributed by atoms with E-state index in [2.05, 4.69) is 10.6 Å². The molecule has 0 aliphatic heterocycles. The monoisotopic (exact) mass is 404 g/mol. The molecule has 0 saturated carbocycles. The third-order valence-electron chi connectivity index (χ3n) is 4.10. The van der Waals surface area contributed by atoms with E-state index in [4.69, 9.17) is 4.74 Å². The Bertz CT molecular complexity index is 778. The lowest BCUT2D eigenvalue weighted by molar-refractivity contribution is 0.0685. The summed E-state index contributed by atoms with van der Waals surface area (Å²) in [7, 11) is 5.53. The maximum Gasteiger partial charge on any atom is 0.319 e. The fourth-order valence-electron chi connectivity index (χ4n) is 2.78. The molecule has 0 unspecified atom stereocenters. The van der Waals surface area contributed by atoms with Crippen molar-refractivity contribution in [2.45, 2.75) is 13.5 Å². The Morgan fingerprint density at radius 2 is 2.00 bits per heavy atom. The Labute approximate surface area is 170 Å². The lowest BCUT2D eigenvalue weighted by atomic mass is 10.1. The summed E-state index contributed by atoms with van der Waals surface area (Å²) in [5.41, 5.74) is 2.62. The topological polar surface area (TPSA) is 73.9 Å². The first kappa shape index (κ1) is 21.7. The van der Waals surface area contributed by atoms with Crippen LogP contribution >= 0.6 is 11.3 Å². The highest BCUT2D eigenvalue weighted by molar-refractivity contribution is 7.12. The zero-order valence-electron chi connectivity index (χ0n) is 16.8. The van der Waals surface area contributed by atoms with E-state index in [1.54, 1.807) is 12.0 Å². The molecule has 3 amide bonds. The van der Waals surface area contributed by atoms with Crippen LogP contribution in [0.25, 0.3) is 0 Å². The van der Waals surface area contributed by atoms with E-state index in [0.29, 0.717) is 36.8 Å². The molecule has 0 aliphatic rings. The van der Waals surface area contributed by atoms with Gasteiger partial charge in [0.15, 0.2) is 0 Å². The van der Waals surface area contributed by atoms with Gasteiger partial charge in [-0.1, -0.05) is 6.07 Å². The molecule has 1 aromatic heterocycles. The Morgan fingerprint density at radius 1 is 1.21 bits per heavy atom. The predicted molar refractivity (Wildman–Crippen MR) is 114 cm³/mol. The lowest BCUT2D eigenvalue weighted by Gasteiger charge is -2.26. The number of hydrogen-bond donors (Lipinski definition) is 2. The number of ether oxygens (including phenoxy) is 1. The lowest BCUT2D eigenvalue weighted by Crippen LogP contribution is -2.33. The fraction of sp³-hybridized carbons (Fsp3) is 0.400. The van der Waals surface area contributed by atoms with Crippen molar-refractivity contribution in [2.75, 3.05) is 51.1 Å². The fourth-order valence-corrected chi connectivity index (χ4v) is 3.47. The van der Waals surface area contributed by atoms with Gasteiger partial charge >= 0.3 is 6.03 Å². The maximum atomic E-state index is 12.9. The van der Waals surface area contributed by atoms with Gasteiger partial charge in [-0.05, 0) is 42.1 Å². The summed E-state index contributed by atoms with van der Waals surface area (Å²) in [5.74, 6) is -0.0288. The molecule has 7 nitrogen and oxygen atoms in total. The van der Waals surface area contributed by atoms with Crippen LogP contribution in [0, 0.1) is 0 Å². The summed E-state index contributed by atoms with van der Waals surface area (Å²) in [5, 5.41) is 7.44. The molecule has 0 aliphatic carbocycles. The summed E-state index contributed by atoms with van der Waals surface area (Å²) in [6, 6.07) is 9.15. The minimum absolute atomic E-state index is 0.0288. The van der Waals surface area contributed by atoms with Crippen LogP contribution in [-0.4, -0.2) is 57.7 Å². The number of nitrogens with zero attached hydrogens (tertiary/aromatic N) is 2. The van der Waals surface area contributed by atoms with E-state index < -0.39 is 0 Å². The molecule has 2 N–H and O–H groups in total.